The van der Waals surface area contributed by atoms with Gasteiger partial charge in [-0.3, -0.25) is 0 Å². The zero-order valence-corrected chi connectivity index (χ0v) is 10.1. The van der Waals surface area contributed by atoms with Crippen molar-refractivity contribution < 1.29 is 4.79 Å². The molecule has 74 valence electrons. The Bertz CT molecular complexity index is 255. The summed E-state index contributed by atoms with van der Waals surface area (Å²) in [4.78, 5) is 15.1. The average Bonchev–Trinajstić information content (AvgIpc) is 1.98. The third kappa shape index (κ3) is 1.93. The lowest BCUT2D eigenvalue weighted by Crippen LogP contribution is -2.48. The first kappa shape index (κ1) is 10.3. The fourth-order valence-corrected chi connectivity index (χ4v) is 3.41. The Morgan fingerprint density at radius 2 is 1.85 bits per heavy atom. The lowest BCUT2D eigenvalue weighted by Gasteiger charge is -2.36. The van der Waals surface area contributed by atoms with E-state index in [1.807, 2.05) is 14.1 Å². The number of rotatable bonds is 1. The Kier molecular flexibility index (Phi) is 2.52. The average molecular weight is 198 g/mol. The Balaban J connectivity index is 2.95. The predicted octanol–water partition coefficient (Wildman–Crippen LogP) is 1.74. The van der Waals surface area contributed by atoms with Gasteiger partial charge in [-0.05, 0) is 6.08 Å². The van der Waals surface area contributed by atoms with Gasteiger partial charge in [-0.1, -0.05) is 19.6 Å². The molecule has 0 saturated heterocycles. The van der Waals surface area contributed by atoms with E-state index < -0.39 is 8.07 Å². The summed E-state index contributed by atoms with van der Waals surface area (Å²) in [6, 6.07) is 0.111. The molecule has 13 heavy (non-hydrogen) atoms. The van der Waals surface area contributed by atoms with Crippen LogP contribution in [0.5, 0.6) is 0 Å². The van der Waals surface area contributed by atoms with Gasteiger partial charge in [0.2, 0.25) is 0 Å². The maximum atomic E-state index is 11.6. The first-order chi connectivity index (χ1) is 5.84. The topological polar surface area (TPSA) is 23.6 Å². The quantitative estimate of drug-likeness (QED) is 0.589. The van der Waals surface area contributed by atoms with Gasteiger partial charge in [0.25, 0.3) is 0 Å². The highest BCUT2D eigenvalue weighted by atomic mass is 28.3. The molecule has 3 nitrogen and oxygen atoms in total. The molecule has 0 radical (unpaired) electrons. The van der Waals surface area contributed by atoms with Gasteiger partial charge >= 0.3 is 6.03 Å². The van der Waals surface area contributed by atoms with Crippen molar-refractivity contribution in [2.24, 2.45) is 0 Å². The van der Waals surface area contributed by atoms with Crippen LogP contribution in [0.2, 0.25) is 19.6 Å². The van der Waals surface area contributed by atoms with Crippen molar-refractivity contribution in [3.63, 3.8) is 0 Å². The molecule has 4 heteroatoms. The SMILES string of the molecule is CN1CC=C([Si](C)(C)C)N(C)C1=O. The second-order valence-corrected chi connectivity index (χ2v) is 9.57. The zero-order valence-electron chi connectivity index (χ0n) is 9.09. The van der Waals surface area contributed by atoms with E-state index in [0.29, 0.717) is 0 Å². The summed E-state index contributed by atoms with van der Waals surface area (Å²) in [5.74, 6) is 0. The number of hydrogen-bond acceptors (Lipinski definition) is 1. The molecule has 0 aromatic rings. The minimum atomic E-state index is -1.35. The Morgan fingerprint density at radius 3 is 2.31 bits per heavy atom. The number of nitrogens with zero attached hydrogens (tertiary/aromatic N) is 2. The zero-order chi connectivity index (χ0) is 10.2. The first-order valence-electron chi connectivity index (χ1n) is 4.53. The fourth-order valence-electron chi connectivity index (χ4n) is 1.61. The van der Waals surface area contributed by atoms with Crippen molar-refractivity contribution in [3.8, 4) is 0 Å². The van der Waals surface area contributed by atoms with Gasteiger partial charge in [-0.2, -0.15) is 0 Å². The lowest BCUT2D eigenvalue weighted by atomic mass is 10.4. The standard InChI is InChI=1S/C9H18N2OSi/c1-10-7-6-8(13(3,4)5)11(2)9(10)12/h6H,7H2,1-5H3. The van der Waals surface area contributed by atoms with Crippen LogP contribution >= 0.6 is 0 Å². The van der Waals surface area contributed by atoms with E-state index in [1.54, 1.807) is 9.80 Å². The van der Waals surface area contributed by atoms with Crippen LogP contribution < -0.4 is 0 Å². The minimum Gasteiger partial charge on any atom is -0.324 e. The van der Waals surface area contributed by atoms with Gasteiger partial charge in [-0.15, -0.1) is 0 Å². The summed E-state index contributed by atoms with van der Waals surface area (Å²) in [5.41, 5.74) is 0. The lowest BCUT2D eigenvalue weighted by molar-refractivity contribution is 0.184. The molecule has 0 saturated carbocycles. The van der Waals surface area contributed by atoms with Gasteiger partial charge in [0, 0.05) is 26.0 Å². The summed E-state index contributed by atoms with van der Waals surface area (Å²) in [5, 5.41) is 1.25. The molecule has 0 spiro atoms. The maximum absolute atomic E-state index is 11.6. The molecule has 0 bridgehead atoms. The van der Waals surface area contributed by atoms with Gasteiger partial charge in [0.1, 0.15) is 0 Å². The molecule has 1 aliphatic rings. The largest absolute Gasteiger partial charge is 0.324 e. The molecule has 0 aromatic heterocycles. The predicted molar refractivity (Wildman–Crippen MR) is 57.2 cm³/mol. The first-order valence-corrected chi connectivity index (χ1v) is 8.03. The number of amides is 2. The van der Waals surface area contributed by atoms with Crippen LogP contribution in [-0.2, 0) is 0 Å². The normalized spacial score (nSPS) is 19.2. The Labute approximate surface area is 81.0 Å². The van der Waals surface area contributed by atoms with Crippen LogP contribution in [0.4, 0.5) is 4.79 Å². The summed E-state index contributed by atoms with van der Waals surface area (Å²) >= 11 is 0. The molecule has 0 aliphatic carbocycles. The summed E-state index contributed by atoms with van der Waals surface area (Å²) < 4.78 is 0. The van der Waals surface area contributed by atoms with Gasteiger partial charge in [-0.25, -0.2) is 4.79 Å². The van der Waals surface area contributed by atoms with Crippen molar-refractivity contribution >= 4 is 14.1 Å². The van der Waals surface area contributed by atoms with Gasteiger partial charge in [0.15, 0.2) is 0 Å². The molecule has 1 heterocycles. The number of likely N-dealkylation sites (N-methyl/N-ethyl adjacent to an activating group) is 1. The summed E-state index contributed by atoms with van der Waals surface area (Å²) in [6.45, 7) is 7.53. The van der Waals surface area contributed by atoms with Crippen molar-refractivity contribution in [3.05, 3.63) is 11.4 Å². The molecule has 0 N–H and O–H groups in total. The molecule has 0 aromatic carbocycles. The van der Waals surface area contributed by atoms with Crippen LogP contribution in [0.15, 0.2) is 11.4 Å². The van der Waals surface area contributed by atoms with Crippen molar-refractivity contribution in [1.29, 1.82) is 0 Å². The summed E-state index contributed by atoms with van der Waals surface area (Å²) in [7, 11) is 2.34. The molecule has 1 aliphatic heterocycles. The molecule has 0 atom stereocenters. The van der Waals surface area contributed by atoms with E-state index in [2.05, 4.69) is 25.7 Å². The molecular formula is C9H18N2OSi. The van der Waals surface area contributed by atoms with E-state index in [1.165, 1.54) is 5.32 Å². The van der Waals surface area contributed by atoms with Crippen LogP contribution in [0.25, 0.3) is 0 Å². The Hall–Kier alpha value is -0.773. The third-order valence-electron chi connectivity index (χ3n) is 2.30. The second-order valence-electron chi connectivity index (χ2n) is 4.56. The van der Waals surface area contributed by atoms with Crippen molar-refractivity contribution in [2.75, 3.05) is 20.6 Å². The number of hydrogen-bond donors (Lipinski definition) is 0. The smallest absolute Gasteiger partial charge is 0.323 e. The highest BCUT2D eigenvalue weighted by molar-refractivity contribution is 6.83. The van der Waals surface area contributed by atoms with Crippen LogP contribution in [0.1, 0.15) is 0 Å². The number of carbonyl (C=O) groups is 1. The fraction of sp³-hybridized carbons (Fsp3) is 0.667. The van der Waals surface area contributed by atoms with Crippen LogP contribution in [0.3, 0.4) is 0 Å². The summed E-state index contributed by atoms with van der Waals surface area (Å²) in [6.07, 6.45) is 2.17. The molecule has 0 unspecified atom stereocenters. The molecular weight excluding hydrogens is 180 g/mol. The van der Waals surface area contributed by atoms with Crippen molar-refractivity contribution in [1.82, 2.24) is 9.80 Å². The highest BCUT2D eigenvalue weighted by Gasteiger charge is 2.30. The van der Waals surface area contributed by atoms with Crippen molar-refractivity contribution in [2.45, 2.75) is 19.6 Å². The van der Waals surface area contributed by atoms with E-state index in [-0.39, 0.29) is 6.03 Å². The van der Waals surface area contributed by atoms with E-state index in [4.69, 9.17) is 0 Å². The second kappa shape index (κ2) is 3.18. The Morgan fingerprint density at radius 1 is 1.31 bits per heavy atom. The van der Waals surface area contributed by atoms with Crippen LogP contribution in [-0.4, -0.2) is 44.5 Å². The van der Waals surface area contributed by atoms with E-state index in [0.717, 1.165) is 6.54 Å². The van der Waals surface area contributed by atoms with Gasteiger partial charge < -0.3 is 9.80 Å². The third-order valence-corrected chi connectivity index (χ3v) is 4.38. The molecule has 0 fully saturated rings. The number of urea groups is 1. The maximum Gasteiger partial charge on any atom is 0.323 e. The minimum absolute atomic E-state index is 0.111. The number of carbonyl (C=O) groups excluding carboxylic acids is 1. The highest BCUT2D eigenvalue weighted by Crippen LogP contribution is 2.21. The van der Waals surface area contributed by atoms with Crippen LogP contribution in [0, 0.1) is 0 Å². The monoisotopic (exact) mass is 198 g/mol. The molecule has 2 amide bonds. The van der Waals surface area contributed by atoms with E-state index >= 15 is 0 Å². The van der Waals surface area contributed by atoms with Gasteiger partial charge in [0.05, 0.1) is 8.07 Å². The molecule has 1 rings (SSSR count). The van der Waals surface area contributed by atoms with E-state index in [9.17, 15) is 4.79 Å².